The van der Waals surface area contributed by atoms with Crippen LogP contribution in [-0.4, -0.2) is 43.0 Å². The number of nitrogens with one attached hydrogen (secondary N) is 1. The predicted octanol–water partition coefficient (Wildman–Crippen LogP) is 1.35. The highest BCUT2D eigenvalue weighted by Gasteiger charge is 2.15. The molecular weight excluding hydrogens is 268 g/mol. The molecule has 5 heteroatoms. The number of hydrogen-bond donors (Lipinski definition) is 1. The summed E-state index contributed by atoms with van der Waals surface area (Å²) >= 11 is 0. The molecule has 0 aliphatic rings. The van der Waals surface area contributed by atoms with Crippen molar-refractivity contribution in [2.45, 2.75) is 13.5 Å². The van der Waals surface area contributed by atoms with Crippen LogP contribution in [0.4, 0.5) is 0 Å². The van der Waals surface area contributed by atoms with Crippen molar-refractivity contribution in [2.75, 3.05) is 26.2 Å². The summed E-state index contributed by atoms with van der Waals surface area (Å²) in [7, 11) is 0. The lowest BCUT2D eigenvalue weighted by atomic mass is 10.2. The van der Waals surface area contributed by atoms with Gasteiger partial charge < -0.3 is 10.1 Å². The quantitative estimate of drug-likeness (QED) is 0.551. The summed E-state index contributed by atoms with van der Waals surface area (Å²) in [6, 6.07) is 9.70. The van der Waals surface area contributed by atoms with Crippen molar-refractivity contribution in [2.24, 2.45) is 0 Å². The van der Waals surface area contributed by atoms with E-state index in [-0.39, 0.29) is 25.0 Å². The molecule has 5 nitrogen and oxygen atoms in total. The molecule has 1 aromatic carbocycles. The molecule has 0 aromatic heterocycles. The Balaban J connectivity index is 2.62. The normalized spacial score (nSPS) is 10.2. The zero-order chi connectivity index (χ0) is 15.5. The fourth-order valence-corrected chi connectivity index (χ4v) is 1.84. The van der Waals surface area contributed by atoms with Gasteiger partial charge in [0.15, 0.2) is 0 Å². The molecule has 1 N–H and O–H groups in total. The number of carbonyl (C=O) groups is 2. The lowest BCUT2D eigenvalue weighted by molar-refractivity contribution is -0.144. The molecule has 1 amide bonds. The van der Waals surface area contributed by atoms with E-state index in [9.17, 15) is 9.59 Å². The van der Waals surface area contributed by atoms with E-state index in [0.717, 1.165) is 5.56 Å². The van der Waals surface area contributed by atoms with Gasteiger partial charge in [0.2, 0.25) is 5.91 Å². The van der Waals surface area contributed by atoms with Crippen LogP contribution < -0.4 is 5.32 Å². The highest BCUT2D eigenvalue weighted by Crippen LogP contribution is 2.04. The Morgan fingerprint density at radius 2 is 2.00 bits per heavy atom. The summed E-state index contributed by atoms with van der Waals surface area (Å²) in [5.74, 6) is -0.472. The first-order valence-electron chi connectivity index (χ1n) is 6.95. The average Bonchev–Trinajstić information content (AvgIpc) is 2.46. The van der Waals surface area contributed by atoms with Gasteiger partial charge in [-0.2, -0.15) is 0 Å². The van der Waals surface area contributed by atoms with E-state index in [0.29, 0.717) is 19.7 Å². The summed E-state index contributed by atoms with van der Waals surface area (Å²) in [5.41, 5.74) is 1.04. The maximum Gasteiger partial charge on any atom is 0.320 e. The lowest BCUT2D eigenvalue weighted by Gasteiger charge is -2.20. The second-order valence-corrected chi connectivity index (χ2v) is 4.53. The van der Waals surface area contributed by atoms with Gasteiger partial charge in [-0.25, -0.2) is 0 Å². The van der Waals surface area contributed by atoms with Gasteiger partial charge in [0.1, 0.15) is 0 Å². The summed E-state index contributed by atoms with van der Waals surface area (Å²) in [6.07, 6.45) is 1.62. The Bertz CT molecular complexity index is 460. The molecule has 21 heavy (non-hydrogen) atoms. The van der Waals surface area contributed by atoms with E-state index < -0.39 is 0 Å². The number of benzene rings is 1. The number of carbonyl (C=O) groups excluding carboxylic acids is 2. The predicted molar refractivity (Wildman–Crippen MR) is 81.6 cm³/mol. The fourth-order valence-electron chi connectivity index (χ4n) is 1.84. The van der Waals surface area contributed by atoms with E-state index in [4.69, 9.17) is 4.74 Å². The summed E-state index contributed by atoms with van der Waals surface area (Å²) < 4.78 is 4.94. The van der Waals surface area contributed by atoms with Crippen LogP contribution in [0.2, 0.25) is 0 Å². The maximum absolute atomic E-state index is 11.8. The molecule has 114 valence electrons. The van der Waals surface area contributed by atoms with Crippen LogP contribution in [-0.2, 0) is 20.9 Å². The third kappa shape index (κ3) is 7.27. The minimum absolute atomic E-state index is 0.0875. The molecule has 0 spiro atoms. The van der Waals surface area contributed by atoms with Crippen LogP contribution in [0.5, 0.6) is 0 Å². The highest BCUT2D eigenvalue weighted by atomic mass is 16.5. The van der Waals surface area contributed by atoms with Gasteiger partial charge in [0, 0.05) is 13.1 Å². The van der Waals surface area contributed by atoms with E-state index in [1.807, 2.05) is 30.3 Å². The number of amides is 1. The van der Waals surface area contributed by atoms with Crippen LogP contribution >= 0.6 is 0 Å². The Morgan fingerprint density at radius 3 is 2.62 bits per heavy atom. The minimum atomic E-state index is -0.329. The summed E-state index contributed by atoms with van der Waals surface area (Å²) in [5, 5.41) is 2.70. The monoisotopic (exact) mass is 290 g/mol. The Kier molecular flexibility index (Phi) is 7.82. The summed E-state index contributed by atoms with van der Waals surface area (Å²) in [4.78, 5) is 25.2. The molecule has 0 radical (unpaired) electrons. The SMILES string of the molecule is C=CCNC(=O)CN(CC(=O)OCC)Cc1ccccc1. The highest BCUT2D eigenvalue weighted by molar-refractivity contribution is 5.79. The number of rotatable bonds is 9. The topological polar surface area (TPSA) is 58.6 Å². The van der Waals surface area contributed by atoms with Gasteiger partial charge >= 0.3 is 5.97 Å². The second kappa shape index (κ2) is 9.72. The number of ether oxygens (including phenoxy) is 1. The third-order valence-corrected chi connectivity index (χ3v) is 2.72. The number of nitrogens with zero attached hydrogens (tertiary/aromatic N) is 1. The first-order chi connectivity index (χ1) is 10.2. The molecule has 1 aromatic rings. The Morgan fingerprint density at radius 1 is 1.29 bits per heavy atom. The summed E-state index contributed by atoms with van der Waals surface area (Å²) in [6.45, 7) is 6.80. The maximum atomic E-state index is 11.8. The van der Waals surface area contributed by atoms with E-state index in [1.54, 1.807) is 17.9 Å². The molecule has 0 heterocycles. The number of esters is 1. The molecule has 0 saturated carbocycles. The van der Waals surface area contributed by atoms with Crippen molar-refractivity contribution in [3.63, 3.8) is 0 Å². The largest absolute Gasteiger partial charge is 0.465 e. The van der Waals surface area contributed by atoms with Crippen molar-refractivity contribution >= 4 is 11.9 Å². The molecule has 0 unspecified atom stereocenters. The van der Waals surface area contributed by atoms with E-state index in [2.05, 4.69) is 11.9 Å². The van der Waals surface area contributed by atoms with E-state index >= 15 is 0 Å². The molecule has 0 fully saturated rings. The van der Waals surface area contributed by atoms with Crippen molar-refractivity contribution < 1.29 is 14.3 Å². The first-order valence-corrected chi connectivity index (χ1v) is 6.95. The van der Waals surface area contributed by atoms with Crippen LogP contribution in [0.15, 0.2) is 43.0 Å². The van der Waals surface area contributed by atoms with Gasteiger partial charge in [-0.1, -0.05) is 36.4 Å². The molecule has 0 aliphatic heterocycles. The molecule has 1 rings (SSSR count). The van der Waals surface area contributed by atoms with Gasteiger partial charge in [0.25, 0.3) is 0 Å². The van der Waals surface area contributed by atoms with Crippen LogP contribution in [0.25, 0.3) is 0 Å². The van der Waals surface area contributed by atoms with Crippen LogP contribution in [0.1, 0.15) is 12.5 Å². The van der Waals surface area contributed by atoms with Gasteiger partial charge in [-0.05, 0) is 12.5 Å². The molecular formula is C16H22N2O3. The van der Waals surface area contributed by atoms with Crippen LogP contribution in [0, 0.1) is 0 Å². The van der Waals surface area contributed by atoms with Gasteiger partial charge in [-0.3, -0.25) is 14.5 Å². The van der Waals surface area contributed by atoms with Crippen molar-refractivity contribution in [3.8, 4) is 0 Å². The van der Waals surface area contributed by atoms with Gasteiger partial charge in [0.05, 0.1) is 19.7 Å². The van der Waals surface area contributed by atoms with E-state index in [1.165, 1.54) is 0 Å². The van der Waals surface area contributed by atoms with Gasteiger partial charge in [-0.15, -0.1) is 6.58 Å². The third-order valence-electron chi connectivity index (χ3n) is 2.72. The fraction of sp³-hybridized carbons (Fsp3) is 0.375. The van der Waals surface area contributed by atoms with Crippen molar-refractivity contribution in [1.82, 2.24) is 10.2 Å². The Hall–Kier alpha value is -2.14. The standard InChI is InChI=1S/C16H22N2O3/c1-3-10-17-15(19)12-18(13-16(20)21-4-2)11-14-8-6-5-7-9-14/h3,5-9H,1,4,10-13H2,2H3,(H,17,19). The Labute approximate surface area is 125 Å². The molecule has 0 aliphatic carbocycles. The van der Waals surface area contributed by atoms with Crippen LogP contribution in [0.3, 0.4) is 0 Å². The number of hydrogen-bond acceptors (Lipinski definition) is 4. The molecule has 0 saturated heterocycles. The van der Waals surface area contributed by atoms with Crippen molar-refractivity contribution in [3.05, 3.63) is 48.6 Å². The molecule has 0 bridgehead atoms. The minimum Gasteiger partial charge on any atom is -0.465 e. The average molecular weight is 290 g/mol. The lowest BCUT2D eigenvalue weighted by Crippen LogP contribution is -2.39. The van der Waals surface area contributed by atoms with Crippen molar-refractivity contribution in [1.29, 1.82) is 0 Å². The second-order valence-electron chi connectivity index (χ2n) is 4.53. The smallest absolute Gasteiger partial charge is 0.320 e. The molecule has 0 atom stereocenters. The first kappa shape index (κ1) is 16.9. The zero-order valence-corrected chi connectivity index (χ0v) is 12.4. The zero-order valence-electron chi connectivity index (χ0n) is 12.4.